The molecule has 3 N–H and O–H groups in total. The zero-order chi connectivity index (χ0) is 23.7. The topological polar surface area (TPSA) is 73.2 Å². The smallest absolute Gasteiger partial charge is 0.151 e. The van der Waals surface area contributed by atoms with E-state index in [2.05, 4.69) is 0 Å². The van der Waals surface area contributed by atoms with Crippen LogP contribution in [0.3, 0.4) is 0 Å². The number of benzene rings is 4. The number of phenols is 3. The van der Waals surface area contributed by atoms with Gasteiger partial charge in [0.15, 0.2) is 5.75 Å². The van der Waals surface area contributed by atoms with Gasteiger partial charge in [-0.25, -0.2) is 0 Å². The summed E-state index contributed by atoms with van der Waals surface area (Å²) in [5.41, 5.74) is 5.29. The highest BCUT2D eigenvalue weighted by atomic mass is 16.5. The van der Waals surface area contributed by atoms with Gasteiger partial charge < -0.3 is 25.0 Å². The van der Waals surface area contributed by atoms with Crippen molar-refractivity contribution in [2.75, 3.05) is 4.90 Å². The molecule has 0 fully saturated rings. The molecule has 0 aliphatic carbocycles. The zero-order valence-corrected chi connectivity index (χ0v) is 19.1. The molecule has 0 aromatic heterocycles. The minimum Gasteiger partial charge on any atom is -0.508 e. The Morgan fingerprint density at radius 3 is 1.70 bits per heavy atom. The van der Waals surface area contributed by atoms with E-state index in [-0.39, 0.29) is 17.2 Å². The molecule has 0 bridgehead atoms. The largest absolute Gasteiger partial charge is 0.508 e. The highest BCUT2D eigenvalue weighted by molar-refractivity contribution is 5.84. The molecule has 4 aromatic rings. The summed E-state index contributed by atoms with van der Waals surface area (Å²) in [7, 11) is 0. The maximum atomic E-state index is 10.4. The lowest BCUT2D eigenvalue weighted by Gasteiger charge is -2.30. The molecule has 168 valence electrons. The van der Waals surface area contributed by atoms with Crippen molar-refractivity contribution < 1.29 is 20.1 Å². The number of phenolic OH excluding ortho intramolecular Hbond substituents is 3. The number of nitrogens with zero attached hydrogens (tertiary/aromatic N) is 1. The lowest BCUT2D eigenvalue weighted by molar-refractivity contribution is 0.450. The van der Waals surface area contributed by atoms with Gasteiger partial charge in [0.25, 0.3) is 0 Å². The number of aromatic hydroxyl groups is 3. The predicted molar refractivity (Wildman–Crippen MR) is 132 cm³/mol. The molecule has 0 radical (unpaired) electrons. The summed E-state index contributed by atoms with van der Waals surface area (Å²) in [6, 6.07) is 21.8. The Morgan fingerprint density at radius 2 is 1.09 bits per heavy atom. The van der Waals surface area contributed by atoms with Crippen LogP contribution >= 0.6 is 0 Å². The van der Waals surface area contributed by atoms with Crippen molar-refractivity contribution in [3.63, 3.8) is 0 Å². The first-order chi connectivity index (χ1) is 15.8. The minimum atomic E-state index is 0.164. The lowest BCUT2D eigenvalue weighted by Crippen LogP contribution is -2.13. The van der Waals surface area contributed by atoms with Crippen LogP contribution in [-0.4, -0.2) is 15.3 Å². The third-order valence-corrected chi connectivity index (χ3v) is 5.85. The molecule has 0 aliphatic rings. The van der Waals surface area contributed by atoms with Gasteiger partial charge in [-0.15, -0.1) is 0 Å². The summed E-state index contributed by atoms with van der Waals surface area (Å²) in [5, 5.41) is 31.1. The monoisotopic (exact) mass is 441 g/mol. The van der Waals surface area contributed by atoms with Gasteiger partial charge in [-0.1, -0.05) is 24.3 Å². The highest BCUT2D eigenvalue weighted by Gasteiger charge is 2.22. The van der Waals surface area contributed by atoms with Crippen LogP contribution in [0.4, 0.5) is 17.1 Å². The van der Waals surface area contributed by atoms with E-state index in [0.717, 1.165) is 28.2 Å². The first-order valence-corrected chi connectivity index (χ1v) is 10.7. The molecule has 4 rings (SSSR count). The van der Waals surface area contributed by atoms with E-state index in [4.69, 9.17) is 4.74 Å². The van der Waals surface area contributed by atoms with Gasteiger partial charge in [-0.2, -0.15) is 0 Å². The molecule has 4 aromatic carbocycles. The van der Waals surface area contributed by atoms with Crippen molar-refractivity contribution in [2.45, 2.75) is 27.7 Å². The van der Waals surface area contributed by atoms with Crippen LogP contribution in [0.15, 0.2) is 72.8 Å². The van der Waals surface area contributed by atoms with E-state index >= 15 is 0 Å². The molecule has 5 nitrogen and oxygen atoms in total. The standard InChI is InChI=1S/C28H27NO4/c1-17-15-18(2)28(16-26(17)32)33-27-14-6-5-9-23(27)29(21-10-7-12-24(30)19(21)3)22-11-8-13-25(31)20(22)4/h5-16,30-32H,1-4H3. The van der Waals surface area contributed by atoms with E-state index < -0.39 is 0 Å². The van der Waals surface area contributed by atoms with Crippen molar-refractivity contribution in [2.24, 2.45) is 0 Å². The number of hydrogen-bond donors (Lipinski definition) is 3. The molecule has 0 saturated carbocycles. The van der Waals surface area contributed by atoms with Crippen LogP contribution in [0.25, 0.3) is 0 Å². The molecule has 0 atom stereocenters. The van der Waals surface area contributed by atoms with Crippen molar-refractivity contribution >= 4 is 17.1 Å². The molecular weight excluding hydrogens is 414 g/mol. The van der Waals surface area contributed by atoms with Gasteiger partial charge in [0.2, 0.25) is 0 Å². The summed E-state index contributed by atoms with van der Waals surface area (Å²) < 4.78 is 6.31. The second-order valence-electron chi connectivity index (χ2n) is 8.15. The Balaban J connectivity index is 1.94. The van der Waals surface area contributed by atoms with Gasteiger partial charge in [0.05, 0.1) is 17.1 Å². The Bertz CT molecular complexity index is 1280. The fraction of sp³-hybridized carbons (Fsp3) is 0.143. The average molecular weight is 442 g/mol. The molecule has 0 amide bonds. The molecular formula is C28H27NO4. The second kappa shape index (κ2) is 8.79. The van der Waals surface area contributed by atoms with Gasteiger partial charge >= 0.3 is 0 Å². The van der Waals surface area contributed by atoms with Crippen LogP contribution in [0.2, 0.25) is 0 Å². The highest BCUT2D eigenvalue weighted by Crippen LogP contribution is 2.46. The Kier molecular flexibility index (Phi) is 5.88. The third-order valence-electron chi connectivity index (χ3n) is 5.85. The van der Waals surface area contributed by atoms with E-state index in [1.807, 2.05) is 75.1 Å². The average Bonchev–Trinajstić information content (AvgIpc) is 2.79. The van der Waals surface area contributed by atoms with Gasteiger partial charge in [0.1, 0.15) is 23.0 Å². The van der Waals surface area contributed by atoms with Gasteiger partial charge in [-0.3, -0.25) is 0 Å². The van der Waals surface area contributed by atoms with E-state index in [1.165, 1.54) is 0 Å². The van der Waals surface area contributed by atoms with Crippen molar-refractivity contribution in [3.8, 4) is 28.7 Å². The number of hydrogen-bond acceptors (Lipinski definition) is 5. The first kappa shape index (κ1) is 22.1. The summed E-state index contributed by atoms with van der Waals surface area (Å²) >= 11 is 0. The first-order valence-electron chi connectivity index (χ1n) is 10.7. The quantitative estimate of drug-likeness (QED) is 0.303. The van der Waals surface area contributed by atoms with Crippen LogP contribution in [0.5, 0.6) is 28.7 Å². The van der Waals surface area contributed by atoms with Gasteiger partial charge in [0, 0.05) is 17.2 Å². The van der Waals surface area contributed by atoms with E-state index in [1.54, 1.807) is 30.3 Å². The Morgan fingerprint density at radius 1 is 0.545 bits per heavy atom. The Labute approximate surface area is 193 Å². The summed E-state index contributed by atoms with van der Waals surface area (Å²) in [6.07, 6.45) is 0. The normalized spacial score (nSPS) is 10.8. The van der Waals surface area contributed by atoms with Crippen molar-refractivity contribution in [1.29, 1.82) is 0 Å². The number of para-hydroxylation sites is 2. The molecule has 33 heavy (non-hydrogen) atoms. The summed E-state index contributed by atoms with van der Waals surface area (Å²) in [4.78, 5) is 1.96. The molecule has 0 spiro atoms. The fourth-order valence-electron chi connectivity index (χ4n) is 3.88. The second-order valence-corrected chi connectivity index (χ2v) is 8.15. The molecule has 0 saturated heterocycles. The number of anilines is 3. The van der Waals surface area contributed by atoms with Crippen LogP contribution in [-0.2, 0) is 0 Å². The fourth-order valence-corrected chi connectivity index (χ4v) is 3.88. The predicted octanol–water partition coefficient (Wildman–Crippen LogP) is 7.30. The zero-order valence-electron chi connectivity index (χ0n) is 19.1. The number of rotatable bonds is 5. The minimum absolute atomic E-state index is 0.164. The van der Waals surface area contributed by atoms with Crippen molar-refractivity contribution in [3.05, 3.63) is 95.1 Å². The molecule has 0 heterocycles. The van der Waals surface area contributed by atoms with E-state index in [9.17, 15) is 15.3 Å². The molecule has 0 aliphatic heterocycles. The maximum Gasteiger partial charge on any atom is 0.151 e. The third kappa shape index (κ3) is 4.17. The maximum absolute atomic E-state index is 10.4. The Hall–Kier alpha value is -4.12. The molecule has 5 heteroatoms. The SMILES string of the molecule is Cc1cc(C)c(Oc2ccccc2N(c2cccc(O)c2C)c2cccc(O)c2C)cc1O. The van der Waals surface area contributed by atoms with Crippen molar-refractivity contribution in [1.82, 2.24) is 0 Å². The summed E-state index contributed by atoms with van der Waals surface area (Å²) in [6.45, 7) is 7.47. The summed E-state index contributed by atoms with van der Waals surface area (Å²) in [5.74, 6) is 1.62. The lowest BCUT2D eigenvalue weighted by atomic mass is 10.1. The number of ether oxygens (including phenoxy) is 1. The van der Waals surface area contributed by atoms with Crippen LogP contribution in [0, 0.1) is 27.7 Å². The van der Waals surface area contributed by atoms with Crippen LogP contribution < -0.4 is 9.64 Å². The molecule has 0 unspecified atom stereocenters. The van der Waals surface area contributed by atoms with Crippen LogP contribution in [0.1, 0.15) is 22.3 Å². The number of aryl methyl sites for hydroxylation is 2. The van der Waals surface area contributed by atoms with Gasteiger partial charge in [-0.05, 0) is 81.3 Å². The van der Waals surface area contributed by atoms with E-state index in [0.29, 0.717) is 22.6 Å².